The van der Waals surface area contributed by atoms with Gasteiger partial charge in [-0.3, -0.25) is 0 Å². The van der Waals surface area contributed by atoms with E-state index in [2.05, 4.69) is 20.8 Å². The van der Waals surface area contributed by atoms with Crippen LogP contribution in [0.25, 0.3) is 0 Å². The number of nitrogens with zero attached hydrogens (tertiary/aromatic N) is 2. The van der Waals surface area contributed by atoms with Crippen molar-refractivity contribution < 1.29 is 19.4 Å². The Kier molecular flexibility index (Phi) is 5.06. The molecule has 0 aliphatic carbocycles. The molecule has 1 fully saturated rings. The number of ether oxygens (including phenoxy) is 1. The average Bonchev–Trinajstić information content (AvgIpc) is 2.48. The first kappa shape index (κ1) is 15.6. The molecule has 1 aromatic carbocycles. The van der Waals surface area contributed by atoms with Crippen LogP contribution in [-0.4, -0.2) is 54.9 Å². The Morgan fingerprint density at radius 3 is 2.52 bits per heavy atom. The SMILES string of the molecule is CCOC(=O)c1cc(N2CCN(C(=O)O)CC2)ccc1Br. The van der Waals surface area contributed by atoms with Gasteiger partial charge in [-0.05, 0) is 41.1 Å². The Labute approximate surface area is 131 Å². The summed E-state index contributed by atoms with van der Waals surface area (Å²) in [6.45, 7) is 4.22. The molecule has 1 amide bonds. The Morgan fingerprint density at radius 2 is 1.95 bits per heavy atom. The maximum atomic E-state index is 11.9. The fourth-order valence-electron chi connectivity index (χ4n) is 2.23. The number of halogens is 1. The van der Waals surface area contributed by atoms with Gasteiger partial charge < -0.3 is 19.6 Å². The molecule has 0 atom stereocenters. The normalized spacial score (nSPS) is 15.0. The van der Waals surface area contributed by atoms with E-state index in [9.17, 15) is 9.59 Å². The van der Waals surface area contributed by atoms with Gasteiger partial charge >= 0.3 is 12.1 Å². The van der Waals surface area contributed by atoms with Gasteiger partial charge in [0.2, 0.25) is 0 Å². The summed E-state index contributed by atoms with van der Waals surface area (Å²) < 4.78 is 5.71. The Bertz CT molecular complexity index is 542. The van der Waals surface area contributed by atoms with Gasteiger partial charge in [0.1, 0.15) is 0 Å². The molecule has 0 radical (unpaired) electrons. The predicted octanol–water partition coefficient (Wildman–Crippen LogP) is 2.43. The van der Waals surface area contributed by atoms with Crippen molar-refractivity contribution in [2.45, 2.75) is 6.92 Å². The lowest BCUT2D eigenvalue weighted by Gasteiger charge is -2.34. The van der Waals surface area contributed by atoms with Crippen molar-refractivity contribution in [3.63, 3.8) is 0 Å². The number of carboxylic acid groups (broad SMARTS) is 1. The van der Waals surface area contributed by atoms with Crippen LogP contribution < -0.4 is 4.90 Å². The molecule has 0 unspecified atom stereocenters. The van der Waals surface area contributed by atoms with Gasteiger partial charge in [-0.15, -0.1) is 0 Å². The van der Waals surface area contributed by atoms with Crippen LogP contribution in [0, 0.1) is 0 Å². The van der Waals surface area contributed by atoms with Crippen LogP contribution in [0.4, 0.5) is 10.5 Å². The first-order valence-electron chi connectivity index (χ1n) is 6.72. The van der Waals surface area contributed by atoms with Crippen LogP contribution in [0.2, 0.25) is 0 Å². The Balaban J connectivity index is 2.13. The second-order valence-electron chi connectivity index (χ2n) is 4.64. The van der Waals surface area contributed by atoms with Crippen molar-refractivity contribution >= 4 is 33.7 Å². The van der Waals surface area contributed by atoms with E-state index in [1.807, 2.05) is 12.1 Å². The smallest absolute Gasteiger partial charge is 0.407 e. The first-order chi connectivity index (χ1) is 10.0. The van der Waals surface area contributed by atoms with Crippen LogP contribution in [0.5, 0.6) is 0 Å². The van der Waals surface area contributed by atoms with E-state index >= 15 is 0 Å². The highest BCUT2D eigenvalue weighted by Crippen LogP contribution is 2.25. The third kappa shape index (κ3) is 3.66. The Hall–Kier alpha value is -1.76. The summed E-state index contributed by atoms with van der Waals surface area (Å²) in [7, 11) is 0. The number of rotatable bonds is 3. The maximum absolute atomic E-state index is 11.9. The number of piperazine rings is 1. The summed E-state index contributed by atoms with van der Waals surface area (Å²) in [5.41, 5.74) is 1.38. The molecular formula is C14H17BrN2O4. The third-order valence-electron chi connectivity index (χ3n) is 3.36. The summed E-state index contributed by atoms with van der Waals surface area (Å²) in [6, 6.07) is 5.49. The zero-order chi connectivity index (χ0) is 15.4. The molecular weight excluding hydrogens is 340 g/mol. The van der Waals surface area contributed by atoms with E-state index in [4.69, 9.17) is 9.84 Å². The van der Waals surface area contributed by atoms with E-state index in [0.29, 0.717) is 42.8 Å². The van der Waals surface area contributed by atoms with Crippen LogP contribution >= 0.6 is 15.9 Å². The van der Waals surface area contributed by atoms with Gasteiger partial charge in [0.05, 0.1) is 12.2 Å². The van der Waals surface area contributed by atoms with E-state index in [1.54, 1.807) is 13.0 Å². The topological polar surface area (TPSA) is 70.1 Å². The quantitative estimate of drug-likeness (QED) is 0.842. The molecule has 0 aromatic heterocycles. The molecule has 1 aromatic rings. The molecule has 1 aliphatic rings. The van der Waals surface area contributed by atoms with Gasteiger partial charge in [-0.1, -0.05) is 0 Å². The number of benzene rings is 1. The second-order valence-corrected chi connectivity index (χ2v) is 5.50. The van der Waals surface area contributed by atoms with Crippen molar-refractivity contribution in [3.05, 3.63) is 28.2 Å². The number of hydrogen-bond acceptors (Lipinski definition) is 4. The van der Waals surface area contributed by atoms with Crippen LogP contribution in [0.1, 0.15) is 17.3 Å². The molecule has 6 nitrogen and oxygen atoms in total. The number of amides is 1. The predicted molar refractivity (Wildman–Crippen MR) is 81.9 cm³/mol. The van der Waals surface area contributed by atoms with Crippen molar-refractivity contribution in [2.24, 2.45) is 0 Å². The van der Waals surface area contributed by atoms with Crippen molar-refractivity contribution in [2.75, 3.05) is 37.7 Å². The zero-order valence-electron chi connectivity index (χ0n) is 11.7. The summed E-state index contributed by atoms with van der Waals surface area (Å²) in [5.74, 6) is -0.365. The number of carbonyl (C=O) groups is 2. The molecule has 7 heteroatoms. The van der Waals surface area contributed by atoms with Gasteiger partial charge in [-0.25, -0.2) is 9.59 Å². The molecule has 0 saturated carbocycles. The zero-order valence-corrected chi connectivity index (χ0v) is 13.3. The van der Waals surface area contributed by atoms with E-state index < -0.39 is 6.09 Å². The highest BCUT2D eigenvalue weighted by Gasteiger charge is 2.21. The summed E-state index contributed by atoms with van der Waals surface area (Å²) in [6.07, 6.45) is -0.891. The number of hydrogen-bond donors (Lipinski definition) is 1. The maximum Gasteiger partial charge on any atom is 0.407 e. The minimum Gasteiger partial charge on any atom is -0.465 e. The number of esters is 1. The lowest BCUT2D eigenvalue weighted by Crippen LogP contribution is -2.48. The summed E-state index contributed by atoms with van der Waals surface area (Å²) >= 11 is 3.35. The monoisotopic (exact) mass is 356 g/mol. The van der Waals surface area contributed by atoms with Gasteiger partial charge in [0.25, 0.3) is 0 Å². The highest BCUT2D eigenvalue weighted by molar-refractivity contribution is 9.10. The largest absolute Gasteiger partial charge is 0.465 e. The highest BCUT2D eigenvalue weighted by atomic mass is 79.9. The third-order valence-corrected chi connectivity index (χ3v) is 4.05. The molecule has 0 spiro atoms. The molecule has 1 heterocycles. The fraction of sp³-hybridized carbons (Fsp3) is 0.429. The molecule has 2 rings (SSSR count). The summed E-state index contributed by atoms with van der Waals surface area (Å²) in [4.78, 5) is 26.2. The average molecular weight is 357 g/mol. The van der Waals surface area contributed by atoms with Crippen molar-refractivity contribution in [1.29, 1.82) is 0 Å². The lowest BCUT2D eigenvalue weighted by molar-refractivity contribution is 0.0525. The minimum absolute atomic E-state index is 0.326. The second kappa shape index (κ2) is 6.80. The number of anilines is 1. The van der Waals surface area contributed by atoms with Gasteiger partial charge in [0, 0.05) is 36.3 Å². The first-order valence-corrected chi connectivity index (χ1v) is 7.51. The number of carbonyl (C=O) groups excluding carboxylic acids is 1. The van der Waals surface area contributed by atoms with Crippen molar-refractivity contribution in [3.8, 4) is 0 Å². The van der Waals surface area contributed by atoms with Crippen LogP contribution in [0.15, 0.2) is 22.7 Å². The minimum atomic E-state index is -0.891. The van der Waals surface area contributed by atoms with E-state index in [1.165, 1.54) is 4.90 Å². The van der Waals surface area contributed by atoms with Gasteiger partial charge in [-0.2, -0.15) is 0 Å². The van der Waals surface area contributed by atoms with Crippen LogP contribution in [-0.2, 0) is 4.74 Å². The molecule has 1 N–H and O–H groups in total. The molecule has 0 bridgehead atoms. The van der Waals surface area contributed by atoms with Gasteiger partial charge in [0.15, 0.2) is 0 Å². The molecule has 1 aliphatic heterocycles. The van der Waals surface area contributed by atoms with E-state index in [0.717, 1.165) is 5.69 Å². The lowest BCUT2D eigenvalue weighted by atomic mass is 10.1. The molecule has 21 heavy (non-hydrogen) atoms. The fourth-order valence-corrected chi connectivity index (χ4v) is 2.64. The Morgan fingerprint density at radius 1 is 1.29 bits per heavy atom. The standard InChI is InChI=1S/C14H17BrN2O4/c1-2-21-13(18)11-9-10(3-4-12(11)15)16-5-7-17(8-6-16)14(19)20/h3-4,9H,2,5-8H2,1H3,(H,19,20). The van der Waals surface area contributed by atoms with E-state index in [-0.39, 0.29) is 5.97 Å². The van der Waals surface area contributed by atoms with Crippen molar-refractivity contribution in [1.82, 2.24) is 4.90 Å². The van der Waals surface area contributed by atoms with Crippen LogP contribution in [0.3, 0.4) is 0 Å². The molecule has 114 valence electrons. The molecule has 1 saturated heterocycles. The summed E-state index contributed by atoms with van der Waals surface area (Å²) in [5, 5.41) is 8.95.